The van der Waals surface area contributed by atoms with Crippen LogP contribution in [0.2, 0.25) is 0 Å². The lowest BCUT2D eigenvalue weighted by atomic mass is 10.2. The predicted octanol–water partition coefficient (Wildman–Crippen LogP) is 1.36. The van der Waals surface area contributed by atoms with E-state index in [0.29, 0.717) is 11.0 Å². The van der Waals surface area contributed by atoms with Gasteiger partial charge in [-0.05, 0) is 18.6 Å². The van der Waals surface area contributed by atoms with Crippen molar-refractivity contribution in [1.82, 2.24) is 19.7 Å². The van der Waals surface area contributed by atoms with E-state index in [9.17, 15) is 4.79 Å². The Labute approximate surface area is 108 Å². The summed E-state index contributed by atoms with van der Waals surface area (Å²) < 4.78 is 1.57. The molecule has 0 radical (unpaired) electrons. The van der Waals surface area contributed by atoms with Crippen LogP contribution in [0.15, 0.2) is 23.6 Å². The second-order valence-corrected chi connectivity index (χ2v) is 4.72. The van der Waals surface area contributed by atoms with Crippen molar-refractivity contribution in [2.75, 3.05) is 5.75 Å². The van der Waals surface area contributed by atoms with Crippen molar-refractivity contribution in [2.45, 2.75) is 12.1 Å². The van der Waals surface area contributed by atoms with Gasteiger partial charge in [-0.1, -0.05) is 11.8 Å². The van der Waals surface area contributed by atoms with Gasteiger partial charge in [-0.3, -0.25) is 9.78 Å². The molecule has 0 saturated heterocycles. The molecule has 18 heavy (non-hydrogen) atoms. The van der Waals surface area contributed by atoms with Crippen molar-refractivity contribution < 1.29 is 9.90 Å². The van der Waals surface area contributed by atoms with E-state index in [4.69, 9.17) is 5.11 Å². The van der Waals surface area contributed by atoms with Crippen LogP contribution in [0.1, 0.15) is 5.56 Å². The highest BCUT2D eigenvalue weighted by atomic mass is 32.2. The van der Waals surface area contributed by atoms with Gasteiger partial charge in [-0.2, -0.15) is 5.10 Å². The normalized spacial score (nSPS) is 10.6. The van der Waals surface area contributed by atoms with Crippen molar-refractivity contribution in [2.24, 2.45) is 7.05 Å². The average molecular weight is 264 g/mol. The number of nitrogens with zero attached hydrogens (tertiary/aromatic N) is 4. The molecule has 0 unspecified atom stereocenters. The molecule has 94 valence electrons. The molecule has 2 heterocycles. The summed E-state index contributed by atoms with van der Waals surface area (Å²) in [5.41, 5.74) is 1.85. The van der Waals surface area contributed by atoms with E-state index >= 15 is 0 Å². The fraction of sp³-hybridized carbons (Fsp3) is 0.273. The van der Waals surface area contributed by atoms with Crippen LogP contribution in [0.5, 0.6) is 0 Å². The Kier molecular flexibility index (Phi) is 3.61. The second-order valence-electron chi connectivity index (χ2n) is 3.77. The Bertz CT molecular complexity index is 582. The first-order chi connectivity index (χ1) is 8.56. The summed E-state index contributed by atoms with van der Waals surface area (Å²) in [6.45, 7) is 1.94. The Morgan fingerprint density at radius 3 is 2.94 bits per heavy atom. The molecule has 0 fully saturated rings. The summed E-state index contributed by atoms with van der Waals surface area (Å²) in [5, 5.41) is 13.5. The zero-order valence-corrected chi connectivity index (χ0v) is 10.8. The highest BCUT2D eigenvalue weighted by Gasteiger charge is 2.11. The van der Waals surface area contributed by atoms with Gasteiger partial charge in [-0.15, -0.1) is 0 Å². The summed E-state index contributed by atoms with van der Waals surface area (Å²) in [5.74, 6) is -0.346. The molecule has 0 bridgehead atoms. The van der Waals surface area contributed by atoms with Crippen molar-refractivity contribution in [3.63, 3.8) is 0 Å². The minimum Gasteiger partial charge on any atom is -0.481 e. The number of thioether (sulfide) groups is 1. The quantitative estimate of drug-likeness (QED) is 0.840. The number of rotatable bonds is 4. The van der Waals surface area contributed by atoms with Gasteiger partial charge in [0.2, 0.25) is 0 Å². The standard InChI is InChI=1S/C11H12N4O2S/c1-7-3-8(5-12-4-7)10-13-11(15(2)14-10)18-6-9(16)17/h3-5H,6H2,1-2H3,(H,16,17). The molecule has 6 nitrogen and oxygen atoms in total. The van der Waals surface area contributed by atoms with Gasteiger partial charge < -0.3 is 5.11 Å². The van der Waals surface area contributed by atoms with Crippen LogP contribution in [0, 0.1) is 6.92 Å². The van der Waals surface area contributed by atoms with Crippen molar-refractivity contribution in [1.29, 1.82) is 0 Å². The van der Waals surface area contributed by atoms with Gasteiger partial charge >= 0.3 is 5.97 Å². The maximum Gasteiger partial charge on any atom is 0.313 e. The summed E-state index contributed by atoms with van der Waals surface area (Å²) in [4.78, 5) is 18.9. The molecule has 0 saturated carbocycles. The molecule has 0 aliphatic heterocycles. The summed E-state index contributed by atoms with van der Waals surface area (Å²) >= 11 is 1.14. The third-order valence-corrected chi connectivity index (χ3v) is 3.19. The predicted molar refractivity (Wildman–Crippen MR) is 67.3 cm³/mol. The van der Waals surface area contributed by atoms with Crippen LogP contribution >= 0.6 is 11.8 Å². The van der Waals surface area contributed by atoms with E-state index in [1.807, 2.05) is 13.0 Å². The first kappa shape index (κ1) is 12.6. The fourth-order valence-electron chi connectivity index (χ4n) is 1.42. The smallest absolute Gasteiger partial charge is 0.313 e. The molecule has 0 spiro atoms. The number of pyridine rings is 1. The fourth-order valence-corrected chi connectivity index (χ4v) is 2.05. The van der Waals surface area contributed by atoms with E-state index in [1.54, 1.807) is 24.1 Å². The average Bonchev–Trinajstić information content (AvgIpc) is 2.68. The number of aliphatic carboxylic acids is 1. The van der Waals surface area contributed by atoms with Gasteiger partial charge in [0, 0.05) is 25.0 Å². The van der Waals surface area contributed by atoms with Crippen molar-refractivity contribution >= 4 is 17.7 Å². The number of aryl methyl sites for hydroxylation is 2. The maximum absolute atomic E-state index is 10.5. The zero-order chi connectivity index (χ0) is 13.1. The van der Waals surface area contributed by atoms with E-state index in [2.05, 4.69) is 15.1 Å². The van der Waals surface area contributed by atoms with E-state index in [0.717, 1.165) is 22.9 Å². The van der Waals surface area contributed by atoms with Crippen LogP contribution in [0.25, 0.3) is 11.4 Å². The largest absolute Gasteiger partial charge is 0.481 e. The number of hydrogen-bond donors (Lipinski definition) is 1. The number of aromatic nitrogens is 4. The summed E-state index contributed by atoms with van der Waals surface area (Å²) in [7, 11) is 1.74. The lowest BCUT2D eigenvalue weighted by Gasteiger charge is -1.95. The molecule has 2 aromatic heterocycles. The number of carbonyl (C=O) groups is 1. The first-order valence-electron chi connectivity index (χ1n) is 5.24. The van der Waals surface area contributed by atoms with Crippen molar-refractivity contribution in [3.05, 3.63) is 24.0 Å². The molecule has 2 aromatic rings. The third-order valence-electron chi connectivity index (χ3n) is 2.18. The summed E-state index contributed by atoms with van der Waals surface area (Å²) in [6.07, 6.45) is 3.44. The van der Waals surface area contributed by atoms with Crippen LogP contribution in [-0.2, 0) is 11.8 Å². The number of carboxylic acid groups (broad SMARTS) is 1. The Hall–Kier alpha value is -1.89. The molecular weight excluding hydrogens is 252 g/mol. The molecular formula is C11H12N4O2S. The molecule has 7 heteroatoms. The monoisotopic (exact) mass is 264 g/mol. The lowest BCUT2D eigenvalue weighted by Crippen LogP contribution is -2.00. The Morgan fingerprint density at radius 1 is 1.50 bits per heavy atom. The molecule has 1 N–H and O–H groups in total. The Morgan fingerprint density at radius 2 is 2.28 bits per heavy atom. The molecule has 0 aliphatic carbocycles. The number of carboxylic acids is 1. The summed E-state index contributed by atoms with van der Waals surface area (Å²) in [6, 6.07) is 1.94. The second kappa shape index (κ2) is 5.18. The lowest BCUT2D eigenvalue weighted by molar-refractivity contribution is -0.133. The first-order valence-corrected chi connectivity index (χ1v) is 6.22. The third kappa shape index (κ3) is 2.86. The molecule has 2 rings (SSSR count). The Balaban J connectivity index is 2.25. The molecule has 0 amide bonds. The highest BCUT2D eigenvalue weighted by molar-refractivity contribution is 7.99. The van der Waals surface area contributed by atoms with Crippen molar-refractivity contribution in [3.8, 4) is 11.4 Å². The zero-order valence-electron chi connectivity index (χ0n) is 9.99. The minimum atomic E-state index is -0.873. The van der Waals surface area contributed by atoms with Crippen LogP contribution in [0.3, 0.4) is 0 Å². The maximum atomic E-state index is 10.5. The van der Waals surface area contributed by atoms with Gasteiger partial charge in [-0.25, -0.2) is 9.67 Å². The number of hydrogen-bond acceptors (Lipinski definition) is 5. The van der Waals surface area contributed by atoms with Gasteiger partial charge in [0.05, 0.1) is 5.75 Å². The highest BCUT2D eigenvalue weighted by Crippen LogP contribution is 2.20. The molecule has 0 aliphatic rings. The van der Waals surface area contributed by atoms with Crippen LogP contribution < -0.4 is 0 Å². The van der Waals surface area contributed by atoms with Crippen LogP contribution in [-0.4, -0.2) is 36.6 Å². The molecule has 0 aromatic carbocycles. The minimum absolute atomic E-state index is 0.0297. The van der Waals surface area contributed by atoms with Gasteiger partial charge in [0.1, 0.15) is 0 Å². The topological polar surface area (TPSA) is 80.9 Å². The SMILES string of the molecule is Cc1cncc(-c2nc(SCC(=O)O)n(C)n2)c1. The van der Waals surface area contributed by atoms with Gasteiger partial charge in [0.25, 0.3) is 0 Å². The van der Waals surface area contributed by atoms with Gasteiger partial charge in [0.15, 0.2) is 11.0 Å². The molecule has 0 atom stereocenters. The van der Waals surface area contributed by atoms with E-state index < -0.39 is 5.97 Å². The van der Waals surface area contributed by atoms with Crippen LogP contribution in [0.4, 0.5) is 0 Å². The van der Waals surface area contributed by atoms with E-state index in [1.165, 1.54) is 0 Å². The van der Waals surface area contributed by atoms with E-state index in [-0.39, 0.29) is 5.75 Å².